The number of allylic oxidation sites excluding steroid dienone is 1. The first-order valence-corrected chi connectivity index (χ1v) is 5.18. The second-order valence-electron chi connectivity index (χ2n) is 3.87. The Morgan fingerprint density at radius 3 is 3.00 bits per heavy atom. The van der Waals surface area contributed by atoms with Crippen molar-refractivity contribution < 1.29 is 19.1 Å². The number of Topliss-reactive ketones (excluding diaryl/α,β-unsaturated/α-hetero) is 1. The van der Waals surface area contributed by atoms with E-state index in [-0.39, 0.29) is 11.7 Å². The molecule has 0 saturated heterocycles. The summed E-state index contributed by atoms with van der Waals surface area (Å²) < 4.78 is 10.2. The molecule has 4 heteroatoms. The number of hydrogen-bond donors (Lipinski definition) is 0. The van der Waals surface area contributed by atoms with Crippen LogP contribution in [0.25, 0.3) is 0 Å². The Hall–Kier alpha value is -1.32. The largest absolute Gasteiger partial charge is 0.498 e. The molecule has 0 bridgehead atoms. The molecule has 0 N–H and O–H groups in total. The lowest BCUT2D eigenvalue weighted by Gasteiger charge is -2.09. The van der Waals surface area contributed by atoms with Gasteiger partial charge in [0.2, 0.25) is 0 Å². The number of ketones is 1. The molecule has 1 fully saturated rings. The number of carbonyl (C=O) groups excluding carboxylic acids is 2. The van der Waals surface area contributed by atoms with E-state index in [1.165, 1.54) is 0 Å². The van der Waals surface area contributed by atoms with Crippen LogP contribution in [0.1, 0.15) is 20.3 Å². The van der Waals surface area contributed by atoms with Crippen LogP contribution in [0.2, 0.25) is 0 Å². The lowest BCUT2D eigenvalue weighted by molar-refractivity contribution is -0.149. The van der Waals surface area contributed by atoms with Crippen LogP contribution in [-0.4, -0.2) is 25.0 Å². The van der Waals surface area contributed by atoms with E-state index in [4.69, 9.17) is 9.47 Å². The highest BCUT2D eigenvalue weighted by Gasteiger charge is 2.47. The Labute approximate surface area is 88.2 Å². The minimum absolute atomic E-state index is 0.0314. The van der Waals surface area contributed by atoms with Crippen molar-refractivity contribution in [2.24, 2.45) is 11.8 Å². The van der Waals surface area contributed by atoms with Crippen LogP contribution < -0.4 is 0 Å². The molecular formula is C11H14O4. The summed E-state index contributed by atoms with van der Waals surface area (Å²) in [6.07, 6.45) is 0.413. The molecule has 2 unspecified atom stereocenters. The number of esters is 1. The van der Waals surface area contributed by atoms with E-state index in [1.54, 1.807) is 13.8 Å². The van der Waals surface area contributed by atoms with E-state index in [0.717, 1.165) is 11.3 Å². The maximum absolute atomic E-state index is 11.7. The highest BCUT2D eigenvalue weighted by Crippen LogP contribution is 2.41. The molecular weight excluding hydrogens is 196 g/mol. The lowest BCUT2D eigenvalue weighted by Crippen LogP contribution is -2.23. The number of carbonyl (C=O) groups is 2. The van der Waals surface area contributed by atoms with E-state index in [0.29, 0.717) is 19.6 Å². The highest BCUT2D eigenvalue weighted by atomic mass is 16.5. The molecule has 0 amide bonds. The molecule has 2 rings (SSSR count). The Bertz CT molecular complexity index is 342. The van der Waals surface area contributed by atoms with Crippen molar-refractivity contribution in [2.75, 3.05) is 13.2 Å². The topological polar surface area (TPSA) is 52.6 Å². The first kappa shape index (κ1) is 10.2. The Kier molecular flexibility index (Phi) is 2.50. The van der Waals surface area contributed by atoms with Crippen molar-refractivity contribution in [1.29, 1.82) is 0 Å². The first-order valence-electron chi connectivity index (χ1n) is 5.18. The summed E-state index contributed by atoms with van der Waals surface area (Å²) in [5, 5.41) is 0. The van der Waals surface area contributed by atoms with E-state index < -0.39 is 11.9 Å². The molecule has 1 heterocycles. The normalized spacial score (nSPS) is 29.1. The quantitative estimate of drug-likeness (QED) is 0.505. The molecule has 1 aliphatic carbocycles. The molecule has 15 heavy (non-hydrogen) atoms. The smallest absolute Gasteiger partial charge is 0.320 e. The summed E-state index contributed by atoms with van der Waals surface area (Å²) in [6, 6.07) is 0. The molecule has 0 aromatic heterocycles. The molecule has 0 radical (unpaired) electrons. The maximum Gasteiger partial charge on any atom is 0.320 e. The summed E-state index contributed by atoms with van der Waals surface area (Å²) in [5.41, 5.74) is 0.846. The van der Waals surface area contributed by atoms with E-state index in [9.17, 15) is 9.59 Å². The third-order valence-electron chi connectivity index (χ3n) is 2.95. The first-order chi connectivity index (χ1) is 7.15. The summed E-state index contributed by atoms with van der Waals surface area (Å²) in [7, 11) is 0. The SMILES string of the molecule is CCOC(=O)C1C(=O)CC2COC(C)=C21. The van der Waals surface area contributed by atoms with Crippen molar-refractivity contribution in [1.82, 2.24) is 0 Å². The number of rotatable bonds is 2. The van der Waals surface area contributed by atoms with Gasteiger partial charge in [-0.15, -0.1) is 0 Å². The third kappa shape index (κ3) is 1.54. The van der Waals surface area contributed by atoms with Gasteiger partial charge in [0.25, 0.3) is 0 Å². The van der Waals surface area contributed by atoms with Gasteiger partial charge in [-0.1, -0.05) is 0 Å². The second-order valence-corrected chi connectivity index (χ2v) is 3.87. The zero-order chi connectivity index (χ0) is 11.0. The van der Waals surface area contributed by atoms with Crippen molar-refractivity contribution in [3.8, 4) is 0 Å². The van der Waals surface area contributed by atoms with E-state index >= 15 is 0 Å². The van der Waals surface area contributed by atoms with Crippen molar-refractivity contribution in [2.45, 2.75) is 20.3 Å². The molecule has 2 atom stereocenters. The Morgan fingerprint density at radius 2 is 2.33 bits per heavy atom. The van der Waals surface area contributed by atoms with Crippen molar-refractivity contribution in [3.63, 3.8) is 0 Å². The standard InChI is InChI=1S/C11H14O4/c1-3-14-11(13)10-8(12)4-7-5-15-6(2)9(7)10/h7,10H,3-5H2,1-2H3. The Balaban J connectivity index is 2.26. The van der Waals surface area contributed by atoms with Crippen molar-refractivity contribution >= 4 is 11.8 Å². The fourth-order valence-electron chi connectivity index (χ4n) is 2.31. The molecule has 0 aromatic carbocycles. The van der Waals surface area contributed by atoms with Gasteiger partial charge in [-0.3, -0.25) is 9.59 Å². The van der Waals surface area contributed by atoms with Gasteiger partial charge in [-0.2, -0.15) is 0 Å². The van der Waals surface area contributed by atoms with Gasteiger partial charge in [0.05, 0.1) is 19.0 Å². The molecule has 4 nitrogen and oxygen atoms in total. The van der Waals surface area contributed by atoms with Gasteiger partial charge in [-0.05, 0) is 19.4 Å². The Morgan fingerprint density at radius 1 is 1.60 bits per heavy atom. The monoisotopic (exact) mass is 210 g/mol. The predicted octanol–water partition coefficient (Wildman–Crippen LogP) is 1.06. The van der Waals surface area contributed by atoms with Crippen LogP contribution in [-0.2, 0) is 19.1 Å². The lowest BCUT2D eigenvalue weighted by atomic mass is 9.98. The van der Waals surface area contributed by atoms with Crippen LogP contribution in [0.4, 0.5) is 0 Å². The number of ether oxygens (including phenoxy) is 2. The second kappa shape index (κ2) is 3.68. The molecule has 1 aliphatic heterocycles. The van der Waals surface area contributed by atoms with Gasteiger partial charge in [0.1, 0.15) is 5.92 Å². The van der Waals surface area contributed by atoms with E-state index in [2.05, 4.69) is 0 Å². The van der Waals surface area contributed by atoms with Crippen molar-refractivity contribution in [3.05, 3.63) is 11.3 Å². The molecule has 82 valence electrons. The van der Waals surface area contributed by atoms with Gasteiger partial charge in [0.15, 0.2) is 5.78 Å². The van der Waals surface area contributed by atoms with Gasteiger partial charge in [-0.25, -0.2) is 0 Å². The van der Waals surface area contributed by atoms with Crippen LogP contribution in [0.5, 0.6) is 0 Å². The molecule has 2 aliphatic rings. The predicted molar refractivity (Wildman–Crippen MR) is 51.9 cm³/mol. The average Bonchev–Trinajstić information content (AvgIpc) is 2.67. The van der Waals surface area contributed by atoms with Crippen LogP contribution in [0, 0.1) is 11.8 Å². The number of hydrogen-bond acceptors (Lipinski definition) is 4. The minimum Gasteiger partial charge on any atom is -0.498 e. The van der Waals surface area contributed by atoms with Crippen LogP contribution >= 0.6 is 0 Å². The molecule has 1 saturated carbocycles. The summed E-state index contributed by atoms with van der Waals surface area (Å²) in [6.45, 7) is 4.38. The molecule has 0 aromatic rings. The minimum atomic E-state index is -0.697. The van der Waals surface area contributed by atoms with Gasteiger partial charge >= 0.3 is 5.97 Å². The third-order valence-corrected chi connectivity index (χ3v) is 2.95. The van der Waals surface area contributed by atoms with Crippen LogP contribution in [0.3, 0.4) is 0 Å². The van der Waals surface area contributed by atoms with Crippen LogP contribution in [0.15, 0.2) is 11.3 Å². The maximum atomic E-state index is 11.7. The summed E-state index contributed by atoms with van der Waals surface area (Å²) in [5.74, 6) is -0.325. The fourth-order valence-corrected chi connectivity index (χ4v) is 2.31. The summed E-state index contributed by atoms with van der Waals surface area (Å²) >= 11 is 0. The van der Waals surface area contributed by atoms with Gasteiger partial charge in [0, 0.05) is 12.3 Å². The highest BCUT2D eigenvalue weighted by molar-refractivity contribution is 6.05. The van der Waals surface area contributed by atoms with E-state index in [1.807, 2.05) is 0 Å². The summed E-state index contributed by atoms with van der Waals surface area (Å²) in [4.78, 5) is 23.3. The average molecular weight is 210 g/mol. The van der Waals surface area contributed by atoms with Gasteiger partial charge < -0.3 is 9.47 Å². The number of fused-ring (bicyclic) bond motifs is 1. The molecule has 0 spiro atoms. The zero-order valence-corrected chi connectivity index (χ0v) is 8.91. The zero-order valence-electron chi connectivity index (χ0n) is 8.91. The fraction of sp³-hybridized carbons (Fsp3) is 0.636.